The molecule has 1 aliphatic carbocycles. The maximum atomic E-state index is 14.7. The van der Waals surface area contributed by atoms with Crippen molar-refractivity contribution in [3.8, 4) is 11.4 Å². The van der Waals surface area contributed by atoms with Crippen LogP contribution in [0, 0.1) is 5.82 Å². The van der Waals surface area contributed by atoms with E-state index in [1.165, 1.54) is 27.3 Å². The Labute approximate surface area is 198 Å². The second kappa shape index (κ2) is 9.25. The Hall–Kier alpha value is -2.35. The van der Waals surface area contributed by atoms with Gasteiger partial charge in [-0.15, -0.1) is 11.3 Å². The molecule has 0 radical (unpaired) electrons. The number of halogens is 2. The number of aromatic nitrogens is 2. The number of benzene rings is 2. The molecule has 0 atom stereocenters. The molecule has 0 spiro atoms. The molecular formula is C24H20ClFN2O2S2. The van der Waals surface area contributed by atoms with Gasteiger partial charge in [-0.3, -0.25) is 9.36 Å². The largest absolute Gasteiger partial charge is 0.491 e. The molecule has 2 heterocycles. The number of ether oxygens (including phenoxy) is 1. The maximum absolute atomic E-state index is 14.7. The van der Waals surface area contributed by atoms with Crippen LogP contribution in [-0.2, 0) is 12.8 Å². The SMILES string of the molecule is O=c1c2c3c(sc2nc(SCCOc2ccccc2Cl)n1-c1ccccc1F)CCCC3. The number of rotatable bonds is 6. The number of hydrogen-bond donors (Lipinski definition) is 0. The fourth-order valence-corrected chi connectivity index (χ4v) is 6.29. The Morgan fingerprint density at radius 2 is 1.91 bits per heavy atom. The van der Waals surface area contributed by atoms with E-state index in [1.54, 1.807) is 35.6 Å². The topological polar surface area (TPSA) is 44.1 Å². The van der Waals surface area contributed by atoms with E-state index >= 15 is 0 Å². The van der Waals surface area contributed by atoms with Crippen molar-refractivity contribution >= 4 is 44.9 Å². The minimum atomic E-state index is -0.450. The first-order valence-corrected chi connectivity index (χ1v) is 12.6. The highest BCUT2D eigenvalue weighted by Gasteiger charge is 2.23. The van der Waals surface area contributed by atoms with Crippen LogP contribution in [0.1, 0.15) is 23.3 Å². The molecule has 8 heteroatoms. The van der Waals surface area contributed by atoms with Crippen LogP contribution in [0.25, 0.3) is 15.9 Å². The van der Waals surface area contributed by atoms with Crippen LogP contribution in [0.2, 0.25) is 5.02 Å². The van der Waals surface area contributed by atoms with Crippen molar-refractivity contribution in [1.82, 2.24) is 9.55 Å². The summed E-state index contributed by atoms with van der Waals surface area (Å²) in [5.41, 5.74) is 1.11. The van der Waals surface area contributed by atoms with E-state index in [4.69, 9.17) is 21.3 Å². The number of aryl methyl sites for hydroxylation is 2. The molecule has 0 saturated heterocycles. The lowest BCUT2D eigenvalue weighted by Gasteiger charge is -2.14. The van der Waals surface area contributed by atoms with Gasteiger partial charge in [-0.1, -0.05) is 47.6 Å². The summed E-state index contributed by atoms with van der Waals surface area (Å²) in [5.74, 6) is 0.688. The van der Waals surface area contributed by atoms with E-state index in [0.717, 1.165) is 36.1 Å². The molecule has 4 nitrogen and oxygen atoms in total. The third kappa shape index (κ3) is 4.05. The smallest absolute Gasteiger partial charge is 0.267 e. The van der Waals surface area contributed by atoms with E-state index in [2.05, 4.69) is 0 Å². The average Bonchev–Trinajstić information content (AvgIpc) is 3.17. The van der Waals surface area contributed by atoms with Gasteiger partial charge in [0.1, 0.15) is 16.4 Å². The summed E-state index contributed by atoms with van der Waals surface area (Å²) in [5, 5.41) is 1.66. The van der Waals surface area contributed by atoms with Crippen molar-refractivity contribution in [3.63, 3.8) is 0 Å². The third-order valence-electron chi connectivity index (χ3n) is 5.46. The van der Waals surface area contributed by atoms with Crippen molar-refractivity contribution in [2.75, 3.05) is 12.4 Å². The predicted octanol–water partition coefficient (Wildman–Crippen LogP) is 6.29. The summed E-state index contributed by atoms with van der Waals surface area (Å²) in [6.45, 7) is 0.376. The molecule has 0 saturated carbocycles. The molecule has 2 aromatic heterocycles. The van der Waals surface area contributed by atoms with E-state index in [9.17, 15) is 9.18 Å². The minimum Gasteiger partial charge on any atom is -0.491 e. The zero-order chi connectivity index (χ0) is 22.1. The summed E-state index contributed by atoms with van der Waals surface area (Å²) in [4.78, 5) is 20.4. The Balaban J connectivity index is 1.52. The summed E-state index contributed by atoms with van der Waals surface area (Å²) in [7, 11) is 0. The first kappa shape index (κ1) is 21.5. The average molecular weight is 487 g/mol. The van der Waals surface area contributed by atoms with Gasteiger partial charge in [-0.25, -0.2) is 9.37 Å². The van der Waals surface area contributed by atoms with Gasteiger partial charge in [0.2, 0.25) is 0 Å². The number of hydrogen-bond acceptors (Lipinski definition) is 5. The maximum Gasteiger partial charge on any atom is 0.267 e. The Bertz CT molecular complexity index is 1350. The molecule has 5 rings (SSSR count). The van der Waals surface area contributed by atoms with Crippen LogP contribution < -0.4 is 10.3 Å². The summed E-state index contributed by atoms with van der Waals surface area (Å²) in [6, 6.07) is 13.6. The Morgan fingerprint density at radius 3 is 2.75 bits per heavy atom. The standard InChI is InChI=1S/C24H20ClFN2O2S2/c25-16-8-2-5-11-19(16)30-13-14-31-24-27-22-21(15-7-1-6-12-20(15)32-22)23(29)28(24)18-10-4-3-9-17(18)26/h2-5,8-11H,1,6-7,12-14H2. The van der Waals surface area contributed by atoms with E-state index < -0.39 is 5.82 Å². The van der Waals surface area contributed by atoms with Crippen LogP contribution in [0.5, 0.6) is 5.75 Å². The minimum absolute atomic E-state index is 0.200. The lowest BCUT2D eigenvalue weighted by molar-refractivity contribution is 0.344. The highest BCUT2D eigenvalue weighted by Crippen LogP contribution is 2.35. The van der Waals surface area contributed by atoms with Gasteiger partial charge in [0.05, 0.1) is 22.7 Å². The Kier molecular flexibility index (Phi) is 6.22. The second-order valence-corrected chi connectivity index (χ2v) is 10.1. The molecule has 0 unspecified atom stereocenters. The zero-order valence-corrected chi connectivity index (χ0v) is 19.5. The molecule has 164 valence electrons. The van der Waals surface area contributed by atoms with Crippen molar-refractivity contribution in [2.45, 2.75) is 30.8 Å². The van der Waals surface area contributed by atoms with Crippen LogP contribution in [-0.4, -0.2) is 21.9 Å². The molecule has 0 aliphatic heterocycles. The molecule has 0 bridgehead atoms. The highest BCUT2D eigenvalue weighted by molar-refractivity contribution is 7.99. The molecular weight excluding hydrogens is 467 g/mol. The number of thiophene rings is 1. The monoisotopic (exact) mass is 486 g/mol. The van der Waals surface area contributed by atoms with E-state index in [-0.39, 0.29) is 11.2 Å². The first-order valence-electron chi connectivity index (χ1n) is 10.5. The lowest BCUT2D eigenvalue weighted by Crippen LogP contribution is -2.23. The molecule has 4 aromatic rings. The van der Waals surface area contributed by atoms with Crippen LogP contribution >= 0.6 is 34.7 Å². The molecule has 1 aliphatic rings. The van der Waals surface area contributed by atoms with Gasteiger partial charge in [-0.2, -0.15) is 0 Å². The van der Waals surface area contributed by atoms with Gasteiger partial charge in [-0.05, 0) is 55.5 Å². The fraction of sp³-hybridized carbons (Fsp3) is 0.250. The van der Waals surface area contributed by atoms with Gasteiger partial charge in [0, 0.05) is 10.6 Å². The van der Waals surface area contributed by atoms with Gasteiger partial charge < -0.3 is 4.74 Å². The van der Waals surface area contributed by atoms with E-state index in [0.29, 0.717) is 33.7 Å². The van der Waals surface area contributed by atoms with Crippen molar-refractivity contribution in [1.29, 1.82) is 0 Å². The predicted molar refractivity (Wildman–Crippen MR) is 129 cm³/mol. The zero-order valence-electron chi connectivity index (χ0n) is 17.1. The summed E-state index contributed by atoms with van der Waals surface area (Å²) >= 11 is 9.12. The molecule has 0 amide bonds. The Morgan fingerprint density at radius 1 is 1.12 bits per heavy atom. The third-order valence-corrected chi connectivity index (χ3v) is 7.86. The fourth-order valence-electron chi connectivity index (χ4n) is 3.98. The van der Waals surface area contributed by atoms with Crippen molar-refractivity contribution in [3.05, 3.63) is 80.2 Å². The lowest BCUT2D eigenvalue weighted by atomic mass is 9.97. The van der Waals surface area contributed by atoms with Crippen LogP contribution in [0.3, 0.4) is 0 Å². The van der Waals surface area contributed by atoms with Crippen LogP contribution in [0.15, 0.2) is 58.5 Å². The highest BCUT2D eigenvalue weighted by atomic mass is 35.5. The molecule has 32 heavy (non-hydrogen) atoms. The van der Waals surface area contributed by atoms with E-state index in [1.807, 2.05) is 18.2 Å². The summed E-state index contributed by atoms with van der Waals surface area (Å²) < 4.78 is 21.9. The molecule has 2 aromatic carbocycles. The summed E-state index contributed by atoms with van der Waals surface area (Å²) in [6.07, 6.45) is 4.04. The van der Waals surface area contributed by atoms with Crippen molar-refractivity contribution in [2.24, 2.45) is 0 Å². The van der Waals surface area contributed by atoms with Crippen LogP contribution in [0.4, 0.5) is 4.39 Å². The number of fused-ring (bicyclic) bond motifs is 3. The van der Waals surface area contributed by atoms with Crippen molar-refractivity contribution < 1.29 is 9.13 Å². The van der Waals surface area contributed by atoms with Gasteiger partial charge in [0.25, 0.3) is 5.56 Å². The number of thioether (sulfide) groups is 1. The second-order valence-electron chi connectivity index (χ2n) is 7.50. The first-order chi connectivity index (χ1) is 15.6. The quantitative estimate of drug-likeness (QED) is 0.182. The molecule has 0 fully saturated rings. The molecule has 0 N–H and O–H groups in total. The van der Waals surface area contributed by atoms with Gasteiger partial charge in [0.15, 0.2) is 5.16 Å². The number of nitrogens with zero attached hydrogens (tertiary/aromatic N) is 2. The van der Waals surface area contributed by atoms with Gasteiger partial charge >= 0.3 is 0 Å². The number of para-hydroxylation sites is 2. The normalized spacial score (nSPS) is 13.3.